The fraction of sp³-hybridized carbons (Fsp3) is 1.00. The molecule has 2 aliphatic carbocycles. The minimum atomic E-state index is -1.62. The Kier molecular flexibility index (Phi) is 6.35. The fourth-order valence-corrected chi connectivity index (χ4v) is 3.93. The van der Waals surface area contributed by atoms with Crippen molar-refractivity contribution in [1.82, 2.24) is 0 Å². The maximum atomic E-state index is 14.4. The zero-order chi connectivity index (χ0) is 15.4. The van der Waals surface area contributed by atoms with Gasteiger partial charge in [-0.25, -0.2) is 13.2 Å². The molecule has 2 fully saturated rings. The van der Waals surface area contributed by atoms with Crippen molar-refractivity contribution in [3.8, 4) is 0 Å². The third-order valence-corrected chi connectivity index (χ3v) is 4.96. The van der Waals surface area contributed by atoms with Crippen molar-refractivity contribution in [2.24, 2.45) is 11.8 Å². The average molecular weight is 308 g/mol. The van der Waals surface area contributed by atoms with E-state index in [9.17, 15) is 13.2 Å². The highest BCUT2D eigenvalue weighted by Gasteiger charge is 2.47. The zero-order valence-corrected chi connectivity index (χ0v) is 12.9. The van der Waals surface area contributed by atoms with Crippen LogP contribution >= 0.6 is 0 Å². The van der Waals surface area contributed by atoms with Crippen molar-refractivity contribution in [3.05, 3.63) is 0 Å². The number of alkyl halides is 3. The topological polar surface area (TPSA) is 18.5 Å². The van der Waals surface area contributed by atoms with E-state index >= 15 is 0 Å². The van der Waals surface area contributed by atoms with Gasteiger partial charge in [-0.05, 0) is 51.4 Å². The van der Waals surface area contributed by atoms with Crippen molar-refractivity contribution in [2.75, 3.05) is 13.2 Å². The summed E-state index contributed by atoms with van der Waals surface area (Å²) in [4.78, 5) is 0. The maximum Gasteiger partial charge on any atom is 0.157 e. The molecule has 0 aromatic rings. The second-order valence-corrected chi connectivity index (χ2v) is 6.19. The predicted octanol–water partition coefficient (Wildman–Crippen LogP) is 4.02. The van der Waals surface area contributed by atoms with Crippen LogP contribution in [0.5, 0.6) is 0 Å². The molecule has 0 aliphatic heterocycles. The number of hydrogen-bond acceptors (Lipinski definition) is 2. The zero-order valence-electron chi connectivity index (χ0n) is 12.9. The van der Waals surface area contributed by atoms with E-state index in [1.165, 1.54) is 0 Å². The summed E-state index contributed by atoms with van der Waals surface area (Å²) in [6.07, 6.45) is -2.42. The summed E-state index contributed by atoms with van der Waals surface area (Å²) < 4.78 is 53.5. The predicted molar refractivity (Wildman–Crippen MR) is 75.6 cm³/mol. The Balaban J connectivity index is 1.93. The summed E-state index contributed by atoms with van der Waals surface area (Å²) in [6, 6.07) is 0. The average Bonchev–Trinajstić information content (AvgIpc) is 2.46. The van der Waals surface area contributed by atoms with Gasteiger partial charge in [0.1, 0.15) is 12.3 Å². The van der Waals surface area contributed by atoms with Crippen LogP contribution in [-0.2, 0) is 9.47 Å². The number of hydrogen-bond donors (Lipinski definition) is 0. The molecule has 0 aromatic carbocycles. The lowest BCUT2D eigenvalue weighted by molar-refractivity contribution is -0.0995. The van der Waals surface area contributed by atoms with Crippen molar-refractivity contribution in [2.45, 2.75) is 76.7 Å². The quantitative estimate of drug-likeness (QED) is 0.763. The van der Waals surface area contributed by atoms with Gasteiger partial charge >= 0.3 is 0 Å². The monoisotopic (exact) mass is 308 g/mol. The lowest BCUT2D eigenvalue weighted by Gasteiger charge is -2.42. The first-order valence-corrected chi connectivity index (χ1v) is 8.23. The minimum absolute atomic E-state index is 0.0692. The smallest absolute Gasteiger partial charge is 0.157 e. The third-order valence-electron chi connectivity index (χ3n) is 4.96. The van der Waals surface area contributed by atoms with Gasteiger partial charge in [-0.1, -0.05) is 0 Å². The fourth-order valence-electron chi connectivity index (χ4n) is 3.93. The molecule has 0 radical (unpaired) electrons. The Morgan fingerprint density at radius 3 is 2.10 bits per heavy atom. The highest BCUT2D eigenvalue weighted by molar-refractivity contribution is 4.95. The van der Waals surface area contributed by atoms with Gasteiger partial charge in [0, 0.05) is 19.6 Å². The molecule has 2 nitrogen and oxygen atoms in total. The van der Waals surface area contributed by atoms with Crippen LogP contribution in [0.3, 0.4) is 0 Å². The highest BCUT2D eigenvalue weighted by Crippen LogP contribution is 2.43. The second-order valence-electron chi connectivity index (χ2n) is 6.19. The summed E-state index contributed by atoms with van der Waals surface area (Å²) in [5.41, 5.74) is 0. The summed E-state index contributed by atoms with van der Waals surface area (Å²) >= 11 is 0. The van der Waals surface area contributed by atoms with Crippen LogP contribution < -0.4 is 0 Å². The first-order chi connectivity index (χ1) is 10.1. The van der Waals surface area contributed by atoms with Crippen molar-refractivity contribution < 1.29 is 22.6 Å². The SMILES string of the molecule is CCOC1CCC(C2CCC(OCC)C(F)C2F)C(F)C1. The van der Waals surface area contributed by atoms with Crippen LogP contribution in [0, 0.1) is 11.8 Å². The van der Waals surface area contributed by atoms with Gasteiger partial charge in [0.25, 0.3) is 0 Å². The molecule has 2 saturated carbocycles. The molecule has 0 saturated heterocycles. The molecule has 2 rings (SSSR count). The van der Waals surface area contributed by atoms with Gasteiger partial charge < -0.3 is 9.47 Å². The molecule has 7 unspecified atom stereocenters. The summed E-state index contributed by atoms with van der Waals surface area (Å²) in [7, 11) is 0. The lowest BCUT2D eigenvalue weighted by Crippen LogP contribution is -2.48. The van der Waals surface area contributed by atoms with Gasteiger partial charge in [0.2, 0.25) is 0 Å². The van der Waals surface area contributed by atoms with Crippen molar-refractivity contribution in [3.63, 3.8) is 0 Å². The van der Waals surface area contributed by atoms with E-state index in [1.807, 2.05) is 6.92 Å². The van der Waals surface area contributed by atoms with Gasteiger partial charge in [-0.2, -0.15) is 0 Å². The molecule has 0 spiro atoms. The molecule has 0 heterocycles. The largest absolute Gasteiger partial charge is 0.378 e. The number of rotatable bonds is 5. The Labute approximate surface area is 125 Å². The van der Waals surface area contributed by atoms with Gasteiger partial charge in [0.15, 0.2) is 6.17 Å². The van der Waals surface area contributed by atoms with E-state index in [4.69, 9.17) is 9.47 Å². The molecule has 21 heavy (non-hydrogen) atoms. The first kappa shape index (κ1) is 17.1. The van der Waals surface area contributed by atoms with E-state index in [2.05, 4.69) is 0 Å². The van der Waals surface area contributed by atoms with Crippen LogP contribution in [0.25, 0.3) is 0 Å². The van der Waals surface area contributed by atoms with Crippen LogP contribution in [-0.4, -0.2) is 43.9 Å². The van der Waals surface area contributed by atoms with Crippen LogP contribution in [0.1, 0.15) is 46.0 Å². The third kappa shape index (κ3) is 3.92. The molecular formula is C16H27F3O2. The molecule has 0 N–H and O–H groups in total. The number of halogens is 3. The van der Waals surface area contributed by atoms with Crippen LogP contribution in [0.15, 0.2) is 0 Å². The molecule has 0 aromatic heterocycles. The first-order valence-electron chi connectivity index (χ1n) is 8.23. The maximum absolute atomic E-state index is 14.4. The van der Waals surface area contributed by atoms with E-state index in [-0.39, 0.29) is 12.0 Å². The molecule has 0 amide bonds. The summed E-state index contributed by atoms with van der Waals surface area (Å²) in [6.45, 7) is 4.62. The molecular weight excluding hydrogens is 281 g/mol. The Bertz CT molecular complexity index is 316. The molecule has 0 bridgehead atoms. The molecule has 7 atom stereocenters. The van der Waals surface area contributed by atoms with Crippen LogP contribution in [0.4, 0.5) is 13.2 Å². The van der Waals surface area contributed by atoms with E-state index in [1.54, 1.807) is 6.92 Å². The summed E-state index contributed by atoms with van der Waals surface area (Å²) in [5.74, 6) is -0.896. The number of ether oxygens (including phenoxy) is 2. The Morgan fingerprint density at radius 1 is 0.810 bits per heavy atom. The van der Waals surface area contributed by atoms with E-state index in [0.29, 0.717) is 38.9 Å². The lowest BCUT2D eigenvalue weighted by atomic mass is 9.70. The van der Waals surface area contributed by atoms with E-state index < -0.39 is 30.5 Å². The van der Waals surface area contributed by atoms with E-state index in [0.717, 1.165) is 6.42 Å². The molecule has 124 valence electrons. The standard InChI is InChI=1S/C16H27F3O2/c1-3-20-10-5-6-11(13(17)9-10)12-7-8-14(21-4-2)16(19)15(12)18/h10-16H,3-9H2,1-2H3. The summed E-state index contributed by atoms with van der Waals surface area (Å²) in [5, 5.41) is 0. The molecule has 2 aliphatic rings. The normalized spacial score (nSPS) is 44.7. The van der Waals surface area contributed by atoms with Crippen molar-refractivity contribution >= 4 is 0 Å². The van der Waals surface area contributed by atoms with Gasteiger partial charge in [0.05, 0.1) is 12.2 Å². The van der Waals surface area contributed by atoms with Gasteiger partial charge in [-0.15, -0.1) is 0 Å². The Hall–Kier alpha value is -0.290. The van der Waals surface area contributed by atoms with Crippen LogP contribution in [0.2, 0.25) is 0 Å². The minimum Gasteiger partial charge on any atom is -0.378 e. The highest BCUT2D eigenvalue weighted by atomic mass is 19.2. The van der Waals surface area contributed by atoms with Crippen molar-refractivity contribution in [1.29, 1.82) is 0 Å². The molecule has 5 heteroatoms. The Morgan fingerprint density at radius 2 is 1.48 bits per heavy atom. The van der Waals surface area contributed by atoms with Gasteiger partial charge in [-0.3, -0.25) is 0 Å². The second kappa shape index (κ2) is 7.82.